The second-order valence-corrected chi connectivity index (χ2v) is 12.6. The predicted molar refractivity (Wildman–Crippen MR) is 165 cm³/mol. The van der Waals surface area contributed by atoms with E-state index in [1.165, 1.54) is 33.5 Å². The van der Waals surface area contributed by atoms with Gasteiger partial charge >= 0.3 is 0 Å². The maximum atomic E-state index is 13.8. The summed E-state index contributed by atoms with van der Waals surface area (Å²) in [5.41, 5.74) is 1.74. The zero-order valence-corrected chi connectivity index (χ0v) is 25.9. The maximum Gasteiger partial charge on any atom is 0.261 e. The smallest absolute Gasteiger partial charge is 0.261 e. The second kappa shape index (κ2) is 15.9. The number of nitrogens with zero attached hydrogens (tertiary/aromatic N) is 2. The van der Waals surface area contributed by atoms with Gasteiger partial charge in [0, 0.05) is 37.6 Å². The Morgan fingerprint density at radius 3 is 2.30 bits per heavy atom. The van der Waals surface area contributed by atoms with Gasteiger partial charge in [-0.15, -0.1) is 0 Å². The van der Waals surface area contributed by atoms with E-state index in [0.29, 0.717) is 50.0 Å². The average Bonchev–Trinajstić information content (AvgIpc) is 3.03. The van der Waals surface area contributed by atoms with E-state index in [1.54, 1.807) is 12.1 Å². The van der Waals surface area contributed by atoms with Gasteiger partial charge in [-0.05, 0) is 53.9 Å². The lowest BCUT2D eigenvalue weighted by Crippen LogP contribution is -2.51. The molecule has 1 aliphatic heterocycles. The van der Waals surface area contributed by atoms with Gasteiger partial charge in [0.1, 0.15) is 11.8 Å². The lowest BCUT2D eigenvalue weighted by atomic mass is 10.0. The van der Waals surface area contributed by atoms with E-state index in [2.05, 4.69) is 5.32 Å². The molecule has 1 fully saturated rings. The minimum atomic E-state index is -3.65. The van der Waals surface area contributed by atoms with E-state index in [4.69, 9.17) is 21.1 Å². The number of unbranched alkanes of at least 4 members (excludes halogenated alkanes) is 1. The summed E-state index contributed by atoms with van der Waals surface area (Å²) < 4.78 is 38.4. The summed E-state index contributed by atoms with van der Waals surface area (Å²) in [7, 11) is -3.65. The van der Waals surface area contributed by atoms with Gasteiger partial charge in [0.15, 0.2) is 6.61 Å². The molecule has 11 heteroatoms. The highest BCUT2D eigenvalue weighted by molar-refractivity contribution is 7.89. The van der Waals surface area contributed by atoms with Gasteiger partial charge in [-0.25, -0.2) is 8.42 Å². The zero-order valence-electron chi connectivity index (χ0n) is 24.3. The number of benzene rings is 3. The van der Waals surface area contributed by atoms with Crippen LogP contribution in [0.5, 0.6) is 5.75 Å². The Bertz CT molecular complexity index is 1430. The Kier molecular flexibility index (Phi) is 12.0. The van der Waals surface area contributed by atoms with Crippen LogP contribution < -0.4 is 10.1 Å². The van der Waals surface area contributed by atoms with Crippen LogP contribution >= 0.6 is 11.6 Å². The molecule has 1 atom stereocenters. The fourth-order valence-electron chi connectivity index (χ4n) is 4.72. The van der Waals surface area contributed by atoms with Crippen LogP contribution in [-0.4, -0.2) is 74.9 Å². The first-order chi connectivity index (χ1) is 20.8. The van der Waals surface area contributed by atoms with Crippen molar-refractivity contribution in [3.63, 3.8) is 0 Å². The van der Waals surface area contributed by atoms with Gasteiger partial charge in [-0.1, -0.05) is 67.4 Å². The molecule has 0 spiro atoms. The molecule has 43 heavy (non-hydrogen) atoms. The highest BCUT2D eigenvalue weighted by Crippen LogP contribution is 2.22. The Morgan fingerprint density at radius 1 is 0.977 bits per heavy atom. The van der Waals surface area contributed by atoms with Crippen LogP contribution in [0, 0.1) is 0 Å². The standard InChI is InChI=1S/C32H38ClN3O6S/c1-2-3-17-34-32(38)30(22-25-7-5-4-6-8-25)36(23-26-9-11-27(33)12-10-26)31(37)24-42-28-13-15-29(16-14-28)43(39,40)35-18-20-41-21-19-35/h4-16,30H,2-3,17-24H2,1H3,(H,34,38)/t30-/m0/s1. The number of ether oxygens (including phenoxy) is 2. The monoisotopic (exact) mass is 627 g/mol. The topological polar surface area (TPSA) is 105 Å². The van der Waals surface area contributed by atoms with Gasteiger partial charge in [-0.2, -0.15) is 4.31 Å². The van der Waals surface area contributed by atoms with Crippen molar-refractivity contribution >= 4 is 33.4 Å². The number of rotatable bonds is 14. The molecule has 1 N–H and O–H groups in total. The second-order valence-electron chi connectivity index (χ2n) is 10.3. The molecule has 0 saturated carbocycles. The predicted octanol–water partition coefficient (Wildman–Crippen LogP) is 4.30. The van der Waals surface area contributed by atoms with Gasteiger partial charge in [0.05, 0.1) is 18.1 Å². The van der Waals surface area contributed by atoms with Crippen molar-refractivity contribution in [2.75, 3.05) is 39.5 Å². The number of nitrogens with one attached hydrogen (secondary N) is 1. The quantitative estimate of drug-likeness (QED) is 0.267. The van der Waals surface area contributed by atoms with Crippen LogP contribution in [0.25, 0.3) is 0 Å². The van der Waals surface area contributed by atoms with Crippen molar-refractivity contribution < 1.29 is 27.5 Å². The van der Waals surface area contributed by atoms with Gasteiger partial charge < -0.3 is 19.7 Å². The molecule has 1 saturated heterocycles. The van der Waals surface area contributed by atoms with Crippen molar-refractivity contribution in [3.05, 3.63) is 95.0 Å². The summed E-state index contributed by atoms with van der Waals surface area (Å²) in [4.78, 5) is 29.0. The first kappa shape index (κ1) is 32.5. The molecule has 4 rings (SSSR count). The molecular weight excluding hydrogens is 590 g/mol. The number of amides is 2. The van der Waals surface area contributed by atoms with Crippen molar-refractivity contribution in [2.45, 2.75) is 43.7 Å². The van der Waals surface area contributed by atoms with E-state index >= 15 is 0 Å². The highest BCUT2D eigenvalue weighted by Gasteiger charge is 2.31. The number of hydrogen-bond donors (Lipinski definition) is 1. The first-order valence-electron chi connectivity index (χ1n) is 14.4. The summed E-state index contributed by atoms with van der Waals surface area (Å²) in [5.74, 6) is -0.281. The fraction of sp³-hybridized carbons (Fsp3) is 0.375. The first-order valence-corrected chi connectivity index (χ1v) is 16.3. The lowest BCUT2D eigenvalue weighted by molar-refractivity contribution is -0.142. The highest BCUT2D eigenvalue weighted by atomic mass is 35.5. The third-order valence-corrected chi connectivity index (χ3v) is 9.33. The Morgan fingerprint density at radius 2 is 1.65 bits per heavy atom. The minimum Gasteiger partial charge on any atom is -0.484 e. The van der Waals surface area contributed by atoms with Crippen molar-refractivity contribution in [3.8, 4) is 5.75 Å². The third kappa shape index (κ3) is 9.27. The minimum absolute atomic E-state index is 0.143. The molecule has 0 radical (unpaired) electrons. The third-order valence-electron chi connectivity index (χ3n) is 7.16. The van der Waals surface area contributed by atoms with Crippen LogP contribution in [0.15, 0.2) is 83.8 Å². The van der Waals surface area contributed by atoms with Crippen LogP contribution in [0.2, 0.25) is 5.02 Å². The molecule has 0 aromatic heterocycles. The van der Waals surface area contributed by atoms with Crippen molar-refractivity contribution in [1.29, 1.82) is 0 Å². The molecule has 9 nitrogen and oxygen atoms in total. The summed E-state index contributed by atoms with van der Waals surface area (Å²) in [6.07, 6.45) is 2.08. The normalized spacial score (nSPS) is 14.6. The summed E-state index contributed by atoms with van der Waals surface area (Å²) in [6.45, 7) is 3.72. The number of hydrogen-bond acceptors (Lipinski definition) is 6. The SMILES string of the molecule is CCCCNC(=O)[C@H](Cc1ccccc1)N(Cc1ccc(Cl)cc1)C(=O)COc1ccc(S(=O)(=O)N2CCOCC2)cc1. The van der Waals surface area contributed by atoms with E-state index < -0.39 is 16.1 Å². The van der Waals surface area contributed by atoms with Crippen LogP contribution in [0.1, 0.15) is 30.9 Å². The Labute approximate surface area is 258 Å². The zero-order chi connectivity index (χ0) is 30.7. The van der Waals surface area contributed by atoms with Crippen LogP contribution in [0.3, 0.4) is 0 Å². The van der Waals surface area contributed by atoms with Crippen molar-refractivity contribution in [1.82, 2.24) is 14.5 Å². The molecule has 2 amide bonds. The van der Waals surface area contributed by atoms with Crippen molar-refractivity contribution in [2.24, 2.45) is 0 Å². The molecular formula is C32H38ClN3O6S. The Hall–Kier alpha value is -3.44. The average molecular weight is 628 g/mol. The lowest BCUT2D eigenvalue weighted by Gasteiger charge is -2.31. The van der Waals surface area contributed by atoms with Gasteiger partial charge in [0.25, 0.3) is 5.91 Å². The fourth-order valence-corrected chi connectivity index (χ4v) is 6.25. The molecule has 0 unspecified atom stereocenters. The van der Waals surface area contributed by atoms with E-state index in [1.807, 2.05) is 49.4 Å². The number of sulfonamides is 1. The van der Waals surface area contributed by atoms with E-state index in [0.717, 1.165) is 24.0 Å². The molecule has 3 aromatic rings. The molecule has 230 valence electrons. The Balaban J connectivity index is 1.53. The largest absolute Gasteiger partial charge is 0.484 e. The maximum absolute atomic E-state index is 13.8. The summed E-state index contributed by atoms with van der Waals surface area (Å²) in [6, 6.07) is 21.9. The van der Waals surface area contributed by atoms with Crippen LogP contribution in [-0.2, 0) is 37.3 Å². The van der Waals surface area contributed by atoms with Crippen LogP contribution in [0.4, 0.5) is 0 Å². The van der Waals surface area contributed by atoms with E-state index in [-0.39, 0.29) is 29.9 Å². The van der Waals surface area contributed by atoms with Gasteiger partial charge in [0.2, 0.25) is 15.9 Å². The number of carbonyl (C=O) groups is 2. The van der Waals surface area contributed by atoms with E-state index in [9.17, 15) is 18.0 Å². The summed E-state index contributed by atoms with van der Waals surface area (Å²) >= 11 is 6.09. The number of halogens is 1. The molecule has 0 bridgehead atoms. The molecule has 3 aromatic carbocycles. The molecule has 1 aliphatic rings. The molecule has 0 aliphatic carbocycles. The summed E-state index contributed by atoms with van der Waals surface area (Å²) in [5, 5.41) is 3.56. The molecule has 1 heterocycles. The number of carbonyl (C=O) groups excluding carboxylic acids is 2. The van der Waals surface area contributed by atoms with Gasteiger partial charge in [-0.3, -0.25) is 9.59 Å². The number of morpholine rings is 1.